The van der Waals surface area contributed by atoms with Gasteiger partial charge < -0.3 is 0 Å². The number of fused-ring (bicyclic) bond motifs is 1. The molecule has 1 heterocycles. The second-order valence-corrected chi connectivity index (χ2v) is 10.8. The van der Waals surface area contributed by atoms with E-state index in [4.69, 9.17) is 11.6 Å². The summed E-state index contributed by atoms with van der Waals surface area (Å²) in [4.78, 5) is 50.8. The summed E-state index contributed by atoms with van der Waals surface area (Å²) in [6, 6.07) is 11.9. The standard InChI is InChI=1S/C22H18Br2ClN3O5/c23-18-9-16-17(10-19(18)24)22(31)27(21(16)30)26(11-12-4-6-14(25)7-5-12)20(29)13-2-1-3-15(8-13)28(32)33/h1-8,16-19H,9-11H2/t16-,17-,18-,19+/m1/s1. The number of hydrogen-bond acceptors (Lipinski definition) is 5. The zero-order valence-corrected chi connectivity index (χ0v) is 21.0. The third kappa shape index (κ3) is 4.69. The number of nitro groups is 1. The van der Waals surface area contributed by atoms with Crippen molar-refractivity contribution >= 4 is 66.9 Å². The molecule has 0 spiro atoms. The quantitative estimate of drug-likeness (QED) is 0.214. The molecular formula is C22H18Br2ClN3O5. The summed E-state index contributed by atoms with van der Waals surface area (Å²) >= 11 is 13.1. The molecule has 4 atom stereocenters. The minimum Gasteiger partial charge on any atom is -0.272 e. The maximum atomic E-state index is 13.5. The van der Waals surface area contributed by atoms with Gasteiger partial charge in [-0.15, -0.1) is 0 Å². The fraction of sp³-hybridized carbons (Fsp3) is 0.318. The van der Waals surface area contributed by atoms with Gasteiger partial charge in [0, 0.05) is 32.4 Å². The predicted molar refractivity (Wildman–Crippen MR) is 128 cm³/mol. The molecule has 0 bridgehead atoms. The van der Waals surface area contributed by atoms with Gasteiger partial charge in [0.1, 0.15) is 0 Å². The Kier molecular flexibility index (Phi) is 6.88. The number of nitro benzene ring substituents is 1. The second-order valence-electron chi connectivity index (χ2n) is 8.00. The van der Waals surface area contributed by atoms with Gasteiger partial charge in [0.05, 0.1) is 23.3 Å². The monoisotopic (exact) mass is 597 g/mol. The van der Waals surface area contributed by atoms with Gasteiger partial charge in [-0.05, 0) is 36.6 Å². The van der Waals surface area contributed by atoms with E-state index in [-0.39, 0.29) is 27.4 Å². The fourth-order valence-corrected chi connectivity index (χ4v) is 5.58. The molecule has 2 aliphatic rings. The van der Waals surface area contributed by atoms with Gasteiger partial charge in [-0.25, -0.2) is 5.01 Å². The van der Waals surface area contributed by atoms with Crippen LogP contribution in [0.1, 0.15) is 28.8 Å². The van der Waals surface area contributed by atoms with Crippen molar-refractivity contribution in [3.05, 3.63) is 74.8 Å². The lowest BCUT2D eigenvalue weighted by Crippen LogP contribution is -2.49. The third-order valence-corrected chi connectivity index (χ3v) is 8.90. The summed E-state index contributed by atoms with van der Waals surface area (Å²) in [5.41, 5.74) is 0.389. The molecule has 1 aliphatic heterocycles. The number of non-ortho nitro benzene ring substituents is 1. The van der Waals surface area contributed by atoms with Crippen molar-refractivity contribution in [3.8, 4) is 0 Å². The van der Waals surface area contributed by atoms with Gasteiger partial charge in [0.2, 0.25) is 0 Å². The van der Waals surface area contributed by atoms with Gasteiger partial charge >= 0.3 is 0 Å². The molecule has 1 aliphatic carbocycles. The van der Waals surface area contributed by atoms with Crippen LogP contribution in [0, 0.1) is 22.0 Å². The summed E-state index contributed by atoms with van der Waals surface area (Å²) in [5.74, 6) is -2.65. The van der Waals surface area contributed by atoms with E-state index in [0.717, 1.165) is 16.1 Å². The Hall–Kier alpha value is -2.30. The average Bonchev–Trinajstić information content (AvgIpc) is 3.02. The van der Waals surface area contributed by atoms with E-state index < -0.39 is 34.5 Å². The summed E-state index contributed by atoms with van der Waals surface area (Å²) in [5, 5.41) is 13.7. The Balaban J connectivity index is 1.72. The zero-order valence-electron chi connectivity index (χ0n) is 17.1. The first kappa shape index (κ1) is 23.8. The molecular weight excluding hydrogens is 582 g/mol. The van der Waals surface area contributed by atoms with Crippen molar-refractivity contribution in [2.45, 2.75) is 29.0 Å². The number of alkyl halides is 2. The van der Waals surface area contributed by atoms with Crippen LogP contribution in [-0.2, 0) is 16.1 Å². The van der Waals surface area contributed by atoms with Crippen molar-refractivity contribution in [3.63, 3.8) is 0 Å². The fourth-order valence-electron chi connectivity index (χ4n) is 4.21. The highest BCUT2D eigenvalue weighted by atomic mass is 79.9. The van der Waals surface area contributed by atoms with Crippen LogP contribution in [0.4, 0.5) is 5.69 Å². The lowest BCUT2D eigenvalue weighted by molar-refractivity contribution is -0.384. The number of amides is 3. The van der Waals surface area contributed by atoms with Crippen LogP contribution in [0.5, 0.6) is 0 Å². The molecule has 0 unspecified atom stereocenters. The highest BCUT2D eigenvalue weighted by molar-refractivity contribution is 9.12. The number of carbonyl (C=O) groups is 3. The summed E-state index contributed by atoms with van der Waals surface area (Å²) in [6.45, 7) is -0.0783. The zero-order chi connectivity index (χ0) is 23.9. The minimum absolute atomic E-state index is 0.00497. The van der Waals surface area contributed by atoms with Gasteiger partial charge in [-0.2, -0.15) is 5.01 Å². The van der Waals surface area contributed by atoms with E-state index in [1.54, 1.807) is 24.3 Å². The molecule has 172 valence electrons. The summed E-state index contributed by atoms with van der Waals surface area (Å²) in [7, 11) is 0. The lowest BCUT2D eigenvalue weighted by atomic mass is 9.81. The van der Waals surface area contributed by atoms with Crippen LogP contribution in [-0.4, -0.2) is 42.3 Å². The van der Waals surface area contributed by atoms with Crippen LogP contribution in [0.25, 0.3) is 0 Å². The molecule has 11 heteroatoms. The number of halogens is 3. The van der Waals surface area contributed by atoms with Crippen molar-refractivity contribution in [1.82, 2.24) is 10.0 Å². The van der Waals surface area contributed by atoms with Crippen LogP contribution < -0.4 is 0 Å². The molecule has 8 nitrogen and oxygen atoms in total. The van der Waals surface area contributed by atoms with Crippen molar-refractivity contribution < 1.29 is 19.3 Å². The molecule has 1 saturated carbocycles. The van der Waals surface area contributed by atoms with Gasteiger partial charge in [0.25, 0.3) is 23.4 Å². The molecule has 4 rings (SSSR count). The molecule has 2 aromatic carbocycles. The second kappa shape index (κ2) is 9.52. The SMILES string of the molecule is O=C(c1cccc([N+](=O)[O-])c1)N(Cc1ccc(Cl)cc1)N1C(=O)[C@@H]2C[C@@H](Br)[C@@H](Br)C[C@H]2C1=O. The molecule has 2 fully saturated rings. The molecule has 3 amide bonds. The Bertz CT molecular complexity index is 1100. The first-order valence-electron chi connectivity index (χ1n) is 10.1. The average molecular weight is 600 g/mol. The maximum Gasteiger partial charge on any atom is 0.273 e. The Morgan fingerprint density at radius 3 is 2.18 bits per heavy atom. The highest BCUT2D eigenvalue weighted by Gasteiger charge is 2.54. The maximum absolute atomic E-state index is 13.5. The first-order chi connectivity index (χ1) is 15.7. The number of imide groups is 1. The number of carbonyl (C=O) groups excluding carboxylic acids is 3. The van der Waals surface area contributed by atoms with Crippen LogP contribution in [0.3, 0.4) is 0 Å². The van der Waals surface area contributed by atoms with Crippen molar-refractivity contribution in [2.75, 3.05) is 0 Å². The van der Waals surface area contributed by atoms with E-state index in [1.165, 1.54) is 18.2 Å². The highest BCUT2D eigenvalue weighted by Crippen LogP contribution is 2.44. The van der Waals surface area contributed by atoms with E-state index in [1.807, 2.05) is 0 Å². The van der Waals surface area contributed by atoms with Crippen molar-refractivity contribution in [1.29, 1.82) is 0 Å². The first-order valence-corrected chi connectivity index (χ1v) is 12.3. The number of nitrogens with zero attached hydrogens (tertiary/aromatic N) is 3. The smallest absolute Gasteiger partial charge is 0.272 e. The Labute approximate surface area is 211 Å². The number of hydrogen-bond donors (Lipinski definition) is 0. The predicted octanol–water partition coefficient (Wildman–Crippen LogP) is 4.73. The van der Waals surface area contributed by atoms with Crippen LogP contribution in [0.2, 0.25) is 5.02 Å². The van der Waals surface area contributed by atoms with E-state index in [2.05, 4.69) is 31.9 Å². The topological polar surface area (TPSA) is 101 Å². The van der Waals surface area contributed by atoms with Crippen molar-refractivity contribution in [2.24, 2.45) is 11.8 Å². The van der Waals surface area contributed by atoms with E-state index in [0.29, 0.717) is 23.4 Å². The molecule has 2 aromatic rings. The molecule has 0 aromatic heterocycles. The van der Waals surface area contributed by atoms with Crippen LogP contribution >= 0.6 is 43.5 Å². The molecule has 33 heavy (non-hydrogen) atoms. The Morgan fingerprint density at radius 2 is 1.64 bits per heavy atom. The Morgan fingerprint density at radius 1 is 1.06 bits per heavy atom. The molecule has 0 radical (unpaired) electrons. The normalized spacial score (nSPS) is 24.5. The van der Waals surface area contributed by atoms with E-state index in [9.17, 15) is 24.5 Å². The van der Waals surface area contributed by atoms with Gasteiger partial charge in [-0.1, -0.05) is 61.7 Å². The summed E-state index contributed by atoms with van der Waals surface area (Å²) in [6.07, 6.45) is 0.920. The van der Waals surface area contributed by atoms with E-state index >= 15 is 0 Å². The summed E-state index contributed by atoms with van der Waals surface area (Å²) < 4.78 is 0. The number of rotatable bonds is 5. The number of hydrazine groups is 1. The minimum atomic E-state index is -0.681. The number of benzene rings is 2. The largest absolute Gasteiger partial charge is 0.273 e. The van der Waals surface area contributed by atoms with Gasteiger partial charge in [-0.3, -0.25) is 24.5 Å². The molecule has 0 N–H and O–H groups in total. The third-order valence-electron chi connectivity index (χ3n) is 5.91. The van der Waals surface area contributed by atoms with Crippen LogP contribution in [0.15, 0.2) is 48.5 Å². The van der Waals surface area contributed by atoms with Gasteiger partial charge in [0.15, 0.2) is 0 Å². The molecule has 1 saturated heterocycles. The lowest BCUT2D eigenvalue weighted by Gasteiger charge is -2.30.